The molecule has 0 aliphatic carbocycles. The molecule has 1 heterocycles. The zero-order chi connectivity index (χ0) is 18.1. The Morgan fingerprint density at radius 1 is 0.923 bits per heavy atom. The fraction of sp³-hybridized carbons (Fsp3) is 0.0455. The monoisotopic (exact) mass is 362 g/mol. The number of ether oxygens (including phenoxy) is 1. The summed E-state index contributed by atoms with van der Waals surface area (Å²) in [6, 6.07) is 21.9. The van der Waals surface area contributed by atoms with E-state index in [2.05, 4.69) is 0 Å². The van der Waals surface area contributed by atoms with Crippen molar-refractivity contribution < 1.29 is 13.9 Å². The van der Waals surface area contributed by atoms with E-state index in [4.69, 9.17) is 20.8 Å². The number of hydrogen-bond donors (Lipinski definition) is 0. The molecule has 0 saturated heterocycles. The van der Waals surface area contributed by atoms with Gasteiger partial charge < -0.3 is 9.15 Å². The van der Waals surface area contributed by atoms with Crippen molar-refractivity contribution in [2.75, 3.05) is 7.11 Å². The molecule has 0 bridgehead atoms. The first-order chi connectivity index (χ1) is 12.7. The summed E-state index contributed by atoms with van der Waals surface area (Å²) < 4.78 is 11.2. The minimum absolute atomic E-state index is 0.0996. The molecule has 0 aliphatic heterocycles. The molecule has 4 heteroatoms. The van der Waals surface area contributed by atoms with Crippen LogP contribution >= 0.6 is 11.6 Å². The second kappa shape index (κ2) is 6.70. The minimum Gasteiger partial charge on any atom is -0.497 e. The number of methoxy groups -OCH3 is 1. The summed E-state index contributed by atoms with van der Waals surface area (Å²) in [5, 5.41) is 1.38. The van der Waals surface area contributed by atoms with E-state index in [-0.39, 0.29) is 5.78 Å². The van der Waals surface area contributed by atoms with Crippen LogP contribution in [0, 0.1) is 0 Å². The van der Waals surface area contributed by atoms with Gasteiger partial charge in [0.05, 0.1) is 12.7 Å². The maximum absolute atomic E-state index is 13.2. The van der Waals surface area contributed by atoms with Crippen LogP contribution in [0.5, 0.6) is 5.75 Å². The Morgan fingerprint density at radius 2 is 1.62 bits per heavy atom. The number of halogens is 1. The molecular formula is C22H15ClO3. The van der Waals surface area contributed by atoms with E-state index >= 15 is 0 Å². The van der Waals surface area contributed by atoms with Gasteiger partial charge in [-0.3, -0.25) is 4.79 Å². The lowest BCUT2D eigenvalue weighted by atomic mass is 9.97. The van der Waals surface area contributed by atoms with E-state index in [1.165, 1.54) is 0 Å². The average Bonchev–Trinajstić information content (AvgIpc) is 3.07. The Bertz CT molecular complexity index is 1080. The molecule has 1 aromatic heterocycles. The first kappa shape index (κ1) is 16.4. The number of carbonyl (C=O) groups is 1. The third kappa shape index (κ3) is 2.87. The van der Waals surface area contributed by atoms with Crippen LogP contribution in [0.1, 0.15) is 15.9 Å². The molecule has 4 rings (SSSR count). The molecule has 4 aromatic rings. The van der Waals surface area contributed by atoms with Crippen molar-refractivity contribution in [2.24, 2.45) is 0 Å². The zero-order valence-corrected chi connectivity index (χ0v) is 14.8. The van der Waals surface area contributed by atoms with Crippen molar-refractivity contribution in [2.45, 2.75) is 0 Å². The topological polar surface area (TPSA) is 39.4 Å². The Morgan fingerprint density at radius 3 is 2.31 bits per heavy atom. The molecule has 0 aliphatic rings. The van der Waals surface area contributed by atoms with Gasteiger partial charge in [0.1, 0.15) is 17.1 Å². The molecule has 0 unspecified atom stereocenters. The molecule has 0 spiro atoms. The highest BCUT2D eigenvalue weighted by Gasteiger charge is 2.23. The number of fused-ring (bicyclic) bond motifs is 1. The normalized spacial score (nSPS) is 10.8. The highest BCUT2D eigenvalue weighted by molar-refractivity contribution is 6.30. The lowest BCUT2D eigenvalue weighted by molar-refractivity contribution is 0.104. The van der Waals surface area contributed by atoms with E-state index in [9.17, 15) is 4.79 Å². The fourth-order valence-electron chi connectivity index (χ4n) is 2.96. The summed E-state index contributed by atoms with van der Waals surface area (Å²) in [4.78, 5) is 13.2. The van der Waals surface area contributed by atoms with Crippen LogP contribution in [0.25, 0.3) is 22.3 Å². The van der Waals surface area contributed by atoms with E-state index < -0.39 is 0 Å². The van der Waals surface area contributed by atoms with Crippen LogP contribution in [0.3, 0.4) is 0 Å². The highest BCUT2D eigenvalue weighted by atomic mass is 35.5. The fourth-order valence-corrected chi connectivity index (χ4v) is 3.09. The van der Waals surface area contributed by atoms with Crippen molar-refractivity contribution in [3.63, 3.8) is 0 Å². The summed E-state index contributed by atoms with van der Waals surface area (Å²) >= 11 is 5.95. The largest absolute Gasteiger partial charge is 0.497 e. The quantitative estimate of drug-likeness (QED) is 0.418. The van der Waals surface area contributed by atoms with Crippen LogP contribution in [0.4, 0.5) is 0 Å². The lowest BCUT2D eigenvalue weighted by Crippen LogP contribution is -2.02. The molecule has 0 atom stereocenters. The van der Waals surface area contributed by atoms with Gasteiger partial charge in [-0.2, -0.15) is 0 Å². The summed E-state index contributed by atoms with van der Waals surface area (Å²) in [5.74, 6) is 1.20. The van der Waals surface area contributed by atoms with Gasteiger partial charge in [-0.1, -0.05) is 29.8 Å². The SMILES string of the molecule is COc1ccc(-c2oc3ccccc3c2C(=O)c2ccc(Cl)cc2)cc1. The standard InChI is InChI=1S/C22H15ClO3/c1-25-17-12-8-15(9-13-17)22-20(18-4-2-3-5-19(18)26-22)21(24)14-6-10-16(23)11-7-14/h2-13H,1H3. The van der Waals surface area contributed by atoms with Gasteiger partial charge >= 0.3 is 0 Å². The van der Waals surface area contributed by atoms with Crippen LogP contribution < -0.4 is 4.74 Å². The maximum Gasteiger partial charge on any atom is 0.197 e. The van der Waals surface area contributed by atoms with E-state index in [0.29, 0.717) is 27.5 Å². The molecule has 128 valence electrons. The third-order valence-corrected chi connectivity index (χ3v) is 4.53. The molecular weight excluding hydrogens is 348 g/mol. The molecule has 0 amide bonds. The summed E-state index contributed by atoms with van der Waals surface area (Å²) in [5.41, 5.74) is 2.61. The second-order valence-electron chi connectivity index (χ2n) is 5.87. The smallest absolute Gasteiger partial charge is 0.197 e. The molecule has 26 heavy (non-hydrogen) atoms. The highest BCUT2D eigenvalue weighted by Crippen LogP contribution is 2.35. The van der Waals surface area contributed by atoms with Crippen LogP contribution in [0.2, 0.25) is 5.02 Å². The molecule has 0 radical (unpaired) electrons. The van der Waals surface area contributed by atoms with Gasteiger partial charge in [0.2, 0.25) is 0 Å². The Labute approximate surface area is 155 Å². The predicted octanol–water partition coefficient (Wildman–Crippen LogP) is 5.99. The number of furan rings is 1. The molecule has 0 saturated carbocycles. The van der Waals surface area contributed by atoms with Crippen LogP contribution in [0.15, 0.2) is 77.2 Å². The lowest BCUT2D eigenvalue weighted by Gasteiger charge is -2.05. The first-order valence-corrected chi connectivity index (χ1v) is 8.51. The second-order valence-corrected chi connectivity index (χ2v) is 6.30. The van der Waals surface area contributed by atoms with E-state index in [0.717, 1.165) is 16.7 Å². The van der Waals surface area contributed by atoms with Crippen LogP contribution in [-0.4, -0.2) is 12.9 Å². The zero-order valence-electron chi connectivity index (χ0n) is 14.0. The summed E-state index contributed by atoms with van der Waals surface area (Å²) in [6.45, 7) is 0. The van der Waals surface area contributed by atoms with Gasteiger partial charge in [0.25, 0.3) is 0 Å². The average molecular weight is 363 g/mol. The summed E-state index contributed by atoms with van der Waals surface area (Å²) in [7, 11) is 1.62. The van der Waals surface area contributed by atoms with Crippen molar-refractivity contribution in [1.82, 2.24) is 0 Å². The number of hydrogen-bond acceptors (Lipinski definition) is 3. The Kier molecular flexibility index (Phi) is 4.23. The number of benzene rings is 3. The minimum atomic E-state index is -0.0996. The number of ketones is 1. The van der Waals surface area contributed by atoms with Gasteiger partial charge in [-0.25, -0.2) is 0 Å². The van der Waals surface area contributed by atoms with Gasteiger partial charge in [-0.05, 0) is 54.6 Å². The van der Waals surface area contributed by atoms with Crippen molar-refractivity contribution in [3.05, 3.63) is 88.9 Å². The van der Waals surface area contributed by atoms with Crippen molar-refractivity contribution >= 4 is 28.4 Å². The Balaban J connectivity index is 1.91. The molecule has 0 fully saturated rings. The number of para-hydroxylation sites is 1. The first-order valence-electron chi connectivity index (χ1n) is 8.13. The van der Waals surface area contributed by atoms with E-state index in [1.54, 1.807) is 31.4 Å². The van der Waals surface area contributed by atoms with Gasteiger partial charge in [-0.15, -0.1) is 0 Å². The van der Waals surface area contributed by atoms with Gasteiger partial charge in [0, 0.05) is 21.5 Å². The number of rotatable bonds is 4. The maximum atomic E-state index is 13.2. The molecule has 3 nitrogen and oxygen atoms in total. The van der Waals surface area contributed by atoms with Crippen LogP contribution in [-0.2, 0) is 0 Å². The van der Waals surface area contributed by atoms with Crippen molar-refractivity contribution in [1.29, 1.82) is 0 Å². The number of carbonyl (C=O) groups excluding carboxylic acids is 1. The molecule has 3 aromatic carbocycles. The molecule has 0 N–H and O–H groups in total. The third-order valence-electron chi connectivity index (χ3n) is 4.28. The van der Waals surface area contributed by atoms with Gasteiger partial charge in [0.15, 0.2) is 5.78 Å². The van der Waals surface area contributed by atoms with E-state index in [1.807, 2.05) is 48.5 Å². The Hall–Kier alpha value is -3.04. The van der Waals surface area contributed by atoms with Crippen molar-refractivity contribution in [3.8, 4) is 17.1 Å². The summed E-state index contributed by atoms with van der Waals surface area (Å²) in [6.07, 6.45) is 0. The predicted molar refractivity (Wildman–Crippen MR) is 103 cm³/mol.